The molecule has 4 bridgehead atoms. The quantitative estimate of drug-likeness (QED) is 0.782. The molecule has 2 aromatic carbocycles. The summed E-state index contributed by atoms with van der Waals surface area (Å²) in [4.78, 5) is 13.4. The van der Waals surface area contributed by atoms with Crippen molar-refractivity contribution in [2.45, 2.75) is 49.0 Å². The molecule has 0 aromatic heterocycles. The van der Waals surface area contributed by atoms with Crippen molar-refractivity contribution in [1.29, 1.82) is 0 Å². The average molecular weight is 425 g/mol. The number of anilines is 1. The Bertz CT molecular complexity index is 1030. The molecule has 6 rings (SSSR count). The van der Waals surface area contributed by atoms with Crippen LogP contribution in [0.3, 0.4) is 0 Å². The highest BCUT2D eigenvalue weighted by atomic mass is 32.2. The molecule has 0 unspecified atom stereocenters. The zero-order valence-electron chi connectivity index (χ0n) is 17.3. The fourth-order valence-electron chi connectivity index (χ4n) is 6.38. The van der Waals surface area contributed by atoms with E-state index in [2.05, 4.69) is 5.32 Å². The first kappa shape index (κ1) is 19.6. The minimum atomic E-state index is -3.86. The Morgan fingerprint density at radius 2 is 1.43 bits per heavy atom. The van der Waals surface area contributed by atoms with Crippen molar-refractivity contribution in [3.63, 3.8) is 0 Å². The van der Waals surface area contributed by atoms with E-state index in [9.17, 15) is 13.2 Å². The Labute approximate surface area is 178 Å². The largest absolute Gasteiger partial charge is 0.347 e. The summed E-state index contributed by atoms with van der Waals surface area (Å²) in [6, 6.07) is 15.5. The predicted molar refractivity (Wildman–Crippen MR) is 117 cm³/mol. The molecule has 158 valence electrons. The molecular formula is C24H28N2O3S. The van der Waals surface area contributed by atoms with E-state index < -0.39 is 10.0 Å². The lowest BCUT2D eigenvalue weighted by Crippen LogP contribution is -2.59. The number of hydrogen-bond donors (Lipinski definition) is 1. The fourth-order valence-corrected chi connectivity index (χ4v) is 7.76. The van der Waals surface area contributed by atoms with E-state index >= 15 is 0 Å². The SMILES string of the molecule is CN(c1ccccc1)S(=O)(=O)c1ccccc1C(=O)NC12CC3CC(CC(C3)C1)C2. The smallest absolute Gasteiger partial charge is 0.264 e. The van der Waals surface area contributed by atoms with Crippen molar-refractivity contribution in [1.82, 2.24) is 5.32 Å². The first-order valence-electron chi connectivity index (χ1n) is 10.8. The highest BCUT2D eigenvalue weighted by molar-refractivity contribution is 7.92. The molecule has 1 amide bonds. The van der Waals surface area contributed by atoms with Gasteiger partial charge in [0.05, 0.1) is 11.3 Å². The van der Waals surface area contributed by atoms with Gasteiger partial charge in [-0.1, -0.05) is 30.3 Å². The number of benzene rings is 2. The Hall–Kier alpha value is -2.34. The lowest BCUT2D eigenvalue weighted by atomic mass is 9.53. The second kappa shape index (κ2) is 7.12. The third-order valence-electron chi connectivity index (χ3n) is 7.31. The second-order valence-corrected chi connectivity index (χ2v) is 11.4. The minimum Gasteiger partial charge on any atom is -0.347 e. The number of amides is 1. The maximum atomic E-state index is 13.4. The molecule has 0 atom stereocenters. The normalized spacial score (nSPS) is 29.6. The van der Waals surface area contributed by atoms with E-state index in [1.807, 2.05) is 6.07 Å². The van der Waals surface area contributed by atoms with Gasteiger partial charge in [0.2, 0.25) is 0 Å². The Kier molecular flexibility index (Phi) is 4.65. The molecule has 0 heterocycles. The molecule has 0 spiro atoms. The van der Waals surface area contributed by atoms with Gasteiger partial charge in [0.15, 0.2) is 0 Å². The summed E-state index contributed by atoms with van der Waals surface area (Å²) in [5.74, 6) is 1.86. The summed E-state index contributed by atoms with van der Waals surface area (Å²) in [5.41, 5.74) is 0.637. The van der Waals surface area contributed by atoms with Gasteiger partial charge in [-0.05, 0) is 80.5 Å². The molecule has 4 aliphatic carbocycles. The van der Waals surface area contributed by atoms with E-state index in [0.717, 1.165) is 19.3 Å². The standard InChI is InChI=1S/C24H28N2O3S/c1-26(20-7-3-2-4-8-20)30(28,29)22-10-6-5-9-21(22)23(27)25-24-14-17-11-18(15-24)13-19(12-17)16-24/h2-10,17-19H,11-16H2,1H3,(H,25,27). The van der Waals surface area contributed by atoms with Gasteiger partial charge in [-0.2, -0.15) is 0 Å². The van der Waals surface area contributed by atoms with Gasteiger partial charge in [-0.25, -0.2) is 8.42 Å². The highest BCUT2D eigenvalue weighted by Crippen LogP contribution is 2.55. The van der Waals surface area contributed by atoms with Crippen molar-refractivity contribution in [3.8, 4) is 0 Å². The Morgan fingerprint density at radius 1 is 0.900 bits per heavy atom. The van der Waals surface area contributed by atoms with Gasteiger partial charge in [0, 0.05) is 12.6 Å². The number of hydrogen-bond acceptors (Lipinski definition) is 3. The monoisotopic (exact) mass is 424 g/mol. The van der Waals surface area contributed by atoms with E-state index in [1.54, 1.807) is 42.5 Å². The van der Waals surface area contributed by atoms with E-state index in [-0.39, 0.29) is 21.9 Å². The molecule has 5 nitrogen and oxygen atoms in total. The van der Waals surface area contributed by atoms with Gasteiger partial charge in [-0.15, -0.1) is 0 Å². The molecule has 30 heavy (non-hydrogen) atoms. The number of para-hydroxylation sites is 1. The molecule has 4 saturated carbocycles. The van der Waals surface area contributed by atoms with Crippen LogP contribution in [0.5, 0.6) is 0 Å². The predicted octanol–water partition coefficient (Wildman–Crippen LogP) is 4.21. The first-order chi connectivity index (χ1) is 14.4. The van der Waals surface area contributed by atoms with Crippen LogP contribution in [0.25, 0.3) is 0 Å². The van der Waals surface area contributed by atoms with Crippen LogP contribution in [0.1, 0.15) is 48.9 Å². The maximum Gasteiger partial charge on any atom is 0.264 e. The lowest BCUT2D eigenvalue weighted by Gasteiger charge is -2.56. The molecule has 0 radical (unpaired) electrons. The summed E-state index contributed by atoms with van der Waals surface area (Å²) >= 11 is 0. The van der Waals surface area contributed by atoms with Gasteiger partial charge >= 0.3 is 0 Å². The summed E-state index contributed by atoms with van der Waals surface area (Å²) in [6.07, 6.45) is 6.97. The number of nitrogens with zero attached hydrogens (tertiary/aromatic N) is 1. The van der Waals surface area contributed by atoms with Gasteiger partial charge in [0.25, 0.3) is 15.9 Å². The highest BCUT2D eigenvalue weighted by Gasteiger charge is 2.51. The fraction of sp³-hybridized carbons (Fsp3) is 0.458. The molecule has 2 aromatic rings. The molecule has 0 saturated heterocycles. The van der Waals surface area contributed by atoms with Crippen LogP contribution < -0.4 is 9.62 Å². The van der Waals surface area contributed by atoms with Crippen molar-refractivity contribution in [2.75, 3.05) is 11.4 Å². The van der Waals surface area contributed by atoms with Crippen molar-refractivity contribution < 1.29 is 13.2 Å². The lowest BCUT2D eigenvalue weighted by molar-refractivity contribution is -0.0167. The van der Waals surface area contributed by atoms with Crippen molar-refractivity contribution >= 4 is 21.6 Å². The van der Waals surface area contributed by atoms with E-state index in [4.69, 9.17) is 0 Å². The van der Waals surface area contributed by atoms with Crippen molar-refractivity contribution in [3.05, 3.63) is 60.2 Å². The van der Waals surface area contributed by atoms with Crippen LogP contribution in [0.15, 0.2) is 59.5 Å². The van der Waals surface area contributed by atoms with Crippen LogP contribution in [-0.4, -0.2) is 26.9 Å². The van der Waals surface area contributed by atoms with Crippen LogP contribution >= 0.6 is 0 Å². The number of carbonyl (C=O) groups is 1. The minimum absolute atomic E-state index is 0.0542. The molecule has 1 N–H and O–H groups in total. The topological polar surface area (TPSA) is 66.5 Å². The molecule has 0 aliphatic heterocycles. The van der Waals surface area contributed by atoms with Crippen LogP contribution in [0.2, 0.25) is 0 Å². The first-order valence-corrected chi connectivity index (χ1v) is 12.3. The van der Waals surface area contributed by atoms with Crippen LogP contribution in [0, 0.1) is 17.8 Å². The third-order valence-corrected chi connectivity index (χ3v) is 9.15. The molecule has 4 aliphatic rings. The Morgan fingerprint density at radius 3 is 2.03 bits per heavy atom. The summed E-state index contributed by atoms with van der Waals surface area (Å²) < 4.78 is 28.0. The van der Waals surface area contributed by atoms with E-state index in [0.29, 0.717) is 23.4 Å². The summed E-state index contributed by atoms with van der Waals surface area (Å²) in [5, 5.41) is 3.31. The van der Waals surface area contributed by atoms with Gasteiger partial charge in [-0.3, -0.25) is 9.10 Å². The Balaban J connectivity index is 1.44. The van der Waals surface area contributed by atoms with Crippen LogP contribution in [0.4, 0.5) is 5.69 Å². The average Bonchev–Trinajstić information content (AvgIpc) is 2.72. The number of nitrogens with one attached hydrogen (secondary N) is 1. The number of rotatable bonds is 5. The van der Waals surface area contributed by atoms with Crippen molar-refractivity contribution in [2.24, 2.45) is 17.8 Å². The number of carbonyl (C=O) groups excluding carboxylic acids is 1. The third kappa shape index (κ3) is 3.31. The molecule has 6 heteroatoms. The van der Waals surface area contributed by atoms with E-state index in [1.165, 1.54) is 36.7 Å². The van der Waals surface area contributed by atoms with Crippen LogP contribution in [-0.2, 0) is 10.0 Å². The molecule has 4 fully saturated rings. The summed E-state index contributed by atoms with van der Waals surface area (Å²) in [7, 11) is -2.34. The van der Waals surface area contributed by atoms with Gasteiger partial charge in [0.1, 0.15) is 4.90 Å². The van der Waals surface area contributed by atoms with Gasteiger partial charge < -0.3 is 5.32 Å². The number of sulfonamides is 1. The zero-order chi connectivity index (χ0) is 20.9. The maximum absolute atomic E-state index is 13.4. The zero-order valence-corrected chi connectivity index (χ0v) is 18.1. The second-order valence-electron chi connectivity index (χ2n) is 9.46. The molecular weight excluding hydrogens is 396 g/mol. The summed E-state index contributed by atoms with van der Waals surface area (Å²) in [6.45, 7) is 0.